The normalized spacial score (nSPS) is 12.5. The molecule has 0 saturated carbocycles. The van der Waals surface area contributed by atoms with E-state index in [1.807, 2.05) is 0 Å². The van der Waals surface area contributed by atoms with Gasteiger partial charge in [-0.15, -0.1) is 0 Å². The molecule has 0 fully saturated rings. The summed E-state index contributed by atoms with van der Waals surface area (Å²) in [7, 11) is 0. The number of carbonyl (C=O) groups is 8. The van der Waals surface area contributed by atoms with E-state index in [2.05, 4.69) is 0 Å². The van der Waals surface area contributed by atoms with Crippen LogP contribution in [-0.2, 0) is 38.4 Å². The van der Waals surface area contributed by atoms with Crippen molar-refractivity contribution in [2.24, 2.45) is 22.9 Å². The molecule has 0 radical (unpaired) electrons. The summed E-state index contributed by atoms with van der Waals surface area (Å²) >= 11 is 0. The van der Waals surface area contributed by atoms with Crippen LogP contribution in [0.25, 0.3) is 0 Å². The monoisotopic (exact) mass is 574 g/mol. The van der Waals surface area contributed by atoms with Gasteiger partial charge in [0, 0.05) is 19.3 Å². The molecular weight excluding hydrogens is 540 g/mol. The Kier molecular flexibility index (Phi) is 25.6. The van der Waals surface area contributed by atoms with Gasteiger partial charge in [0.2, 0.25) is 0 Å². The smallest absolute Gasteiger partial charge is 0.321 e. The van der Waals surface area contributed by atoms with Crippen LogP contribution in [0.4, 0.5) is 0 Å². The number of rotatable bonds is 15. The van der Waals surface area contributed by atoms with Gasteiger partial charge >= 0.3 is 47.8 Å². The molecule has 0 aromatic rings. The molecule has 0 aliphatic rings. The summed E-state index contributed by atoms with van der Waals surface area (Å²) in [6.07, 6.45) is -1.20. The first-order valence-electron chi connectivity index (χ1n) is 10.5. The van der Waals surface area contributed by atoms with Crippen LogP contribution in [0, 0.1) is 0 Å². The molecule has 0 heterocycles. The molecule has 0 bridgehead atoms. The number of hydrogen-bond donors (Lipinski definition) is 12. The minimum absolute atomic E-state index is 0.0231. The minimum Gasteiger partial charge on any atom is -0.481 e. The van der Waals surface area contributed by atoms with Gasteiger partial charge in [0.15, 0.2) is 0 Å². The molecule has 39 heavy (non-hydrogen) atoms. The highest BCUT2D eigenvalue weighted by molar-refractivity contribution is 5.80. The number of aliphatic carboxylic acids is 8. The van der Waals surface area contributed by atoms with E-state index in [-0.39, 0.29) is 38.5 Å². The summed E-state index contributed by atoms with van der Waals surface area (Å²) in [5.74, 6) is -9.09. The average molecular weight is 574 g/mol. The lowest BCUT2D eigenvalue weighted by Crippen LogP contribution is -2.32. The highest BCUT2D eigenvalue weighted by atomic mass is 16.4. The molecule has 0 saturated heterocycles. The van der Waals surface area contributed by atoms with Crippen LogP contribution >= 0.6 is 0 Å². The van der Waals surface area contributed by atoms with E-state index >= 15 is 0 Å². The van der Waals surface area contributed by atoms with E-state index in [0.29, 0.717) is 0 Å². The van der Waals surface area contributed by atoms with Gasteiger partial charge in [0.05, 0.1) is 6.42 Å². The maximum atomic E-state index is 9.99. The number of nitrogens with two attached hydrogens (primary N) is 4. The highest BCUT2D eigenvalue weighted by Crippen LogP contribution is 1.95. The van der Waals surface area contributed by atoms with Crippen LogP contribution in [0.2, 0.25) is 0 Å². The van der Waals surface area contributed by atoms with E-state index in [0.717, 1.165) is 0 Å². The predicted molar refractivity (Wildman–Crippen MR) is 125 cm³/mol. The van der Waals surface area contributed by atoms with Crippen LogP contribution in [-0.4, -0.2) is 113 Å². The van der Waals surface area contributed by atoms with Crippen molar-refractivity contribution < 1.29 is 79.2 Å². The Morgan fingerprint density at radius 2 is 0.590 bits per heavy atom. The molecule has 0 aromatic carbocycles. The van der Waals surface area contributed by atoms with Gasteiger partial charge in [0.25, 0.3) is 0 Å². The van der Waals surface area contributed by atoms with Gasteiger partial charge in [-0.1, -0.05) is 0 Å². The summed E-state index contributed by atoms with van der Waals surface area (Å²) in [4.78, 5) is 79.2. The average Bonchev–Trinajstić information content (AvgIpc) is 2.79. The third-order valence-electron chi connectivity index (χ3n) is 3.67. The van der Waals surface area contributed by atoms with Crippen LogP contribution in [0.1, 0.15) is 44.9 Å². The van der Waals surface area contributed by atoms with Crippen molar-refractivity contribution in [3.8, 4) is 0 Å². The fourth-order valence-electron chi connectivity index (χ4n) is 1.48. The maximum absolute atomic E-state index is 9.99. The van der Waals surface area contributed by atoms with Crippen molar-refractivity contribution in [3.05, 3.63) is 0 Å². The molecule has 0 aliphatic heterocycles. The molecule has 20 nitrogen and oxygen atoms in total. The quantitative estimate of drug-likeness (QED) is 0.0908. The zero-order valence-corrected chi connectivity index (χ0v) is 20.4. The summed E-state index contributed by atoms with van der Waals surface area (Å²) in [5, 5.41) is 64.8. The maximum Gasteiger partial charge on any atom is 0.321 e. The fraction of sp³-hybridized carbons (Fsp3) is 0.579. The summed E-state index contributed by atoms with van der Waals surface area (Å²) < 4.78 is 0. The third kappa shape index (κ3) is 35.8. The lowest BCUT2D eigenvalue weighted by atomic mass is 10.2. The topological polar surface area (TPSA) is 402 Å². The second-order valence-corrected chi connectivity index (χ2v) is 7.17. The van der Waals surface area contributed by atoms with Crippen molar-refractivity contribution >= 4 is 47.8 Å². The molecule has 0 aromatic heterocycles. The Hall–Kier alpha value is -4.40. The predicted octanol–water partition coefficient (Wildman–Crippen LogP) is -3.34. The third-order valence-corrected chi connectivity index (χ3v) is 3.67. The fourth-order valence-corrected chi connectivity index (χ4v) is 1.48. The van der Waals surface area contributed by atoms with Crippen molar-refractivity contribution in [2.75, 3.05) is 0 Å². The highest BCUT2D eigenvalue weighted by Gasteiger charge is 2.15. The molecular formula is C19H34N4O16. The second-order valence-electron chi connectivity index (χ2n) is 7.17. The van der Waals surface area contributed by atoms with Crippen LogP contribution in [0.15, 0.2) is 0 Å². The van der Waals surface area contributed by atoms with E-state index in [4.69, 9.17) is 63.8 Å². The molecule has 226 valence electrons. The second kappa shape index (κ2) is 24.0. The first kappa shape index (κ1) is 41.7. The molecule has 4 atom stereocenters. The Morgan fingerprint density at radius 3 is 0.692 bits per heavy atom. The summed E-state index contributed by atoms with van der Waals surface area (Å²) in [6.45, 7) is 0. The zero-order chi connectivity index (χ0) is 31.9. The van der Waals surface area contributed by atoms with E-state index in [1.165, 1.54) is 0 Å². The number of carboxylic acids is 8. The van der Waals surface area contributed by atoms with Gasteiger partial charge in [-0.25, -0.2) is 0 Å². The van der Waals surface area contributed by atoms with Crippen molar-refractivity contribution in [1.82, 2.24) is 0 Å². The SMILES string of the molecule is N[C@@H](CC(=O)O)C(=O)O.N[C@@H](CCC(=O)O)C(=O)O.N[C@@H](CCC(=O)O)C(=O)O.N[C@@H](CCC(=O)O)C(=O)O. The Bertz CT molecular complexity index is 753. The largest absolute Gasteiger partial charge is 0.481 e. The van der Waals surface area contributed by atoms with Crippen LogP contribution < -0.4 is 22.9 Å². The van der Waals surface area contributed by atoms with E-state index in [9.17, 15) is 38.4 Å². The van der Waals surface area contributed by atoms with Gasteiger partial charge in [-0.05, 0) is 19.3 Å². The number of carboxylic acid groups (broad SMARTS) is 8. The summed E-state index contributed by atoms with van der Waals surface area (Å²) in [5.41, 5.74) is 19.8. The number of hydrogen-bond acceptors (Lipinski definition) is 12. The molecule has 0 aliphatic carbocycles. The van der Waals surface area contributed by atoms with Crippen molar-refractivity contribution in [3.63, 3.8) is 0 Å². The van der Waals surface area contributed by atoms with Gasteiger partial charge in [-0.3, -0.25) is 38.4 Å². The molecule has 20 heteroatoms. The first-order chi connectivity index (χ1) is 17.6. The van der Waals surface area contributed by atoms with Crippen molar-refractivity contribution in [1.29, 1.82) is 0 Å². The lowest BCUT2D eigenvalue weighted by Gasteiger charge is -2.01. The molecule has 0 unspecified atom stereocenters. The lowest BCUT2D eigenvalue weighted by molar-refractivity contribution is -0.144. The molecule has 0 rings (SSSR count). The van der Waals surface area contributed by atoms with Gasteiger partial charge in [-0.2, -0.15) is 0 Å². The molecule has 16 N–H and O–H groups in total. The molecule has 0 amide bonds. The zero-order valence-electron chi connectivity index (χ0n) is 20.4. The van der Waals surface area contributed by atoms with E-state index in [1.54, 1.807) is 0 Å². The Balaban J connectivity index is -0.000000210. The standard InChI is InChI=1S/3C5H9NO4.C4H7NO4/c3*6-3(5(9)10)1-2-4(7)8;5-2(4(8)9)1-3(6)7/h3*3H,1-2,6H2,(H,7,8)(H,9,10);2H,1,5H2,(H,6,7)(H,8,9)/t3*3-;2-/m0000/s1. The van der Waals surface area contributed by atoms with Gasteiger partial charge in [0.1, 0.15) is 24.2 Å². The van der Waals surface area contributed by atoms with Gasteiger partial charge < -0.3 is 63.8 Å². The van der Waals surface area contributed by atoms with Crippen LogP contribution in [0.3, 0.4) is 0 Å². The molecule has 0 spiro atoms. The van der Waals surface area contributed by atoms with E-state index < -0.39 is 78.3 Å². The Labute approximate surface area is 219 Å². The van der Waals surface area contributed by atoms with Crippen molar-refractivity contribution in [2.45, 2.75) is 69.1 Å². The Morgan fingerprint density at radius 1 is 0.385 bits per heavy atom. The van der Waals surface area contributed by atoms with Crippen LogP contribution in [0.5, 0.6) is 0 Å². The minimum atomic E-state index is -1.29. The first-order valence-corrected chi connectivity index (χ1v) is 10.5. The summed E-state index contributed by atoms with van der Waals surface area (Å²) in [6, 6.07) is -4.47.